The Labute approximate surface area is 217 Å². The molecule has 35 heavy (non-hydrogen) atoms. The lowest BCUT2D eigenvalue weighted by atomic mass is 9.84. The fourth-order valence-electron chi connectivity index (χ4n) is 5.38. The van der Waals surface area contributed by atoms with Crippen LogP contribution < -0.4 is 14.7 Å². The molecule has 186 valence electrons. The predicted octanol–water partition coefficient (Wildman–Crippen LogP) is 7.87. The summed E-state index contributed by atoms with van der Waals surface area (Å²) in [5, 5.41) is 0. The van der Waals surface area contributed by atoms with Gasteiger partial charge in [0.05, 0.1) is 0 Å². The summed E-state index contributed by atoms with van der Waals surface area (Å²) in [5.41, 5.74) is 8.16. The topological polar surface area (TPSA) is 9.72 Å². The molecule has 0 spiro atoms. The van der Waals surface area contributed by atoms with Crippen LogP contribution in [-0.4, -0.2) is 39.3 Å². The first-order valence-electron chi connectivity index (χ1n) is 13.4. The second kappa shape index (κ2) is 11.4. The van der Waals surface area contributed by atoms with Crippen molar-refractivity contribution in [2.45, 2.75) is 57.3 Å². The largest absolute Gasteiger partial charge is 0.372 e. The van der Waals surface area contributed by atoms with Gasteiger partial charge in [0, 0.05) is 72.0 Å². The van der Waals surface area contributed by atoms with Crippen molar-refractivity contribution in [2.24, 2.45) is 0 Å². The Hall–Kier alpha value is -2.59. The van der Waals surface area contributed by atoms with Crippen molar-refractivity contribution in [3.05, 3.63) is 77.4 Å². The highest BCUT2D eigenvalue weighted by Gasteiger charge is 2.29. The Bertz CT molecular complexity index is 1050. The molecule has 1 aliphatic heterocycles. The maximum Gasteiger partial charge on any atom is 0.0377 e. The van der Waals surface area contributed by atoms with Crippen LogP contribution in [0.4, 0.5) is 17.1 Å². The van der Waals surface area contributed by atoms with E-state index in [1.807, 2.05) is 11.8 Å². The Balaban J connectivity index is 1.82. The molecule has 4 heteroatoms. The van der Waals surface area contributed by atoms with Gasteiger partial charge in [0.1, 0.15) is 0 Å². The van der Waals surface area contributed by atoms with Crippen LogP contribution >= 0.6 is 11.8 Å². The lowest BCUT2D eigenvalue weighted by Crippen LogP contribution is -2.23. The van der Waals surface area contributed by atoms with Gasteiger partial charge in [0.2, 0.25) is 0 Å². The molecule has 0 saturated carbocycles. The van der Waals surface area contributed by atoms with Crippen LogP contribution in [0.5, 0.6) is 0 Å². The highest BCUT2D eigenvalue weighted by molar-refractivity contribution is 7.99. The molecule has 0 aliphatic carbocycles. The van der Waals surface area contributed by atoms with Gasteiger partial charge in [-0.1, -0.05) is 36.0 Å². The summed E-state index contributed by atoms with van der Waals surface area (Å²) in [5.74, 6) is 0.253. The van der Waals surface area contributed by atoms with Crippen LogP contribution in [-0.2, 0) is 0 Å². The van der Waals surface area contributed by atoms with E-state index < -0.39 is 0 Å². The molecule has 0 atom stereocenters. The number of hydrogen-bond donors (Lipinski definition) is 0. The van der Waals surface area contributed by atoms with E-state index in [0.29, 0.717) is 0 Å². The van der Waals surface area contributed by atoms with E-state index in [1.54, 1.807) is 0 Å². The molecule has 0 fully saturated rings. The molecular formula is C31H41N3S. The van der Waals surface area contributed by atoms with Crippen LogP contribution in [0, 0.1) is 0 Å². The summed E-state index contributed by atoms with van der Waals surface area (Å²) in [4.78, 5) is 10.1. The second-order valence-electron chi connectivity index (χ2n) is 9.09. The Kier molecular flexibility index (Phi) is 8.33. The summed E-state index contributed by atoms with van der Waals surface area (Å²) in [6.07, 6.45) is 0. The molecule has 0 amide bonds. The van der Waals surface area contributed by atoms with Crippen molar-refractivity contribution < 1.29 is 0 Å². The third-order valence-electron chi connectivity index (χ3n) is 7.45. The van der Waals surface area contributed by atoms with E-state index >= 15 is 0 Å². The van der Waals surface area contributed by atoms with Crippen LogP contribution in [0.25, 0.3) is 0 Å². The van der Waals surface area contributed by atoms with Gasteiger partial charge < -0.3 is 14.7 Å². The molecule has 0 aromatic heterocycles. The van der Waals surface area contributed by atoms with Gasteiger partial charge in [-0.15, -0.1) is 0 Å². The number of rotatable bonds is 10. The van der Waals surface area contributed by atoms with Gasteiger partial charge >= 0.3 is 0 Å². The highest BCUT2D eigenvalue weighted by Crippen LogP contribution is 2.50. The van der Waals surface area contributed by atoms with Crippen molar-refractivity contribution >= 4 is 28.8 Å². The SMILES string of the molecule is CCN(CC)c1ccc(C2c3ccc(N(CC)CC)cc3Sc3cc(N(CC)CC)ccc32)cc1. The number of nitrogens with zero attached hydrogens (tertiary/aromatic N) is 3. The summed E-state index contributed by atoms with van der Waals surface area (Å²) < 4.78 is 0. The van der Waals surface area contributed by atoms with Gasteiger partial charge in [-0.05, 0) is 94.6 Å². The maximum atomic E-state index is 2.44. The lowest BCUT2D eigenvalue weighted by Gasteiger charge is -2.32. The zero-order valence-electron chi connectivity index (χ0n) is 22.3. The Morgan fingerprint density at radius 1 is 0.514 bits per heavy atom. The van der Waals surface area contributed by atoms with Crippen LogP contribution in [0.2, 0.25) is 0 Å². The van der Waals surface area contributed by atoms with Gasteiger partial charge in [-0.3, -0.25) is 0 Å². The average molecular weight is 488 g/mol. The summed E-state index contributed by atoms with van der Waals surface area (Å²) in [6, 6.07) is 23.5. The first-order chi connectivity index (χ1) is 17.1. The van der Waals surface area contributed by atoms with E-state index in [4.69, 9.17) is 0 Å². The van der Waals surface area contributed by atoms with Gasteiger partial charge in [-0.25, -0.2) is 0 Å². The van der Waals surface area contributed by atoms with E-state index in [2.05, 4.69) is 117 Å². The quantitative estimate of drug-likeness (QED) is 0.225. The highest BCUT2D eigenvalue weighted by atomic mass is 32.2. The summed E-state index contributed by atoms with van der Waals surface area (Å²) >= 11 is 1.94. The fourth-order valence-corrected chi connectivity index (χ4v) is 6.59. The molecule has 3 aromatic rings. The molecular weight excluding hydrogens is 446 g/mol. The Morgan fingerprint density at radius 3 is 1.29 bits per heavy atom. The van der Waals surface area contributed by atoms with E-state index in [9.17, 15) is 0 Å². The van der Waals surface area contributed by atoms with E-state index in [-0.39, 0.29) is 5.92 Å². The van der Waals surface area contributed by atoms with Crippen molar-refractivity contribution in [1.29, 1.82) is 0 Å². The normalized spacial score (nSPS) is 12.7. The minimum Gasteiger partial charge on any atom is -0.372 e. The number of benzene rings is 3. The monoisotopic (exact) mass is 487 g/mol. The molecule has 3 nitrogen and oxygen atoms in total. The molecule has 0 bridgehead atoms. The van der Waals surface area contributed by atoms with E-state index in [0.717, 1.165) is 39.3 Å². The van der Waals surface area contributed by atoms with Crippen molar-refractivity contribution in [3.63, 3.8) is 0 Å². The molecule has 1 aliphatic rings. The average Bonchev–Trinajstić information content (AvgIpc) is 2.90. The van der Waals surface area contributed by atoms with Crippen molar-refractivity contribution in [2.75, 3.05) is 54.0 Å². The zero-order valence-corrected chi connectivity index (χ0v) is 23.2. The molecule has 0 unspecified atom stereocenters. The first kappa shape index (κ1) is 25.5. The predicted molar refractivity (Wildman–Crippen MR) is 155 cm³/mol. The van der Waals surface area contributed by atoms with Crippen LogP contribution in [0.3, 0.4) is 0 Å². The number of anilines is 3. The molecule has 3 aromatic carbocycles. The maximum absolute atomic E-state index is 2.44. The minimum absolute atomic E-state index is 0.253. The smallest absolute Gasteiger partial charge is 0.0377 e. The molecule has 0 radical (unpaired) electrons. The lowest BCUT2D eigenvalue weighted by molar-refractivity contribution is 0.846. The third kappa shape index (κ3) is 5.04. The van der Waals surface area contributed by atoms with Crippen molar-refractivity contribution in [1.82, 2.24) is 0 Å². The molecule has 0 saturated heterocycles. The zero-order chi connectivity index (χ0) is 24.9. The standard InChI is InChI=1S/C31H41N3S/c1-7-32(8-2)24-15-13-23(14-16-24)31-27-19-17-25(33(9-3)10-4)21-29(27)35-30-22-26(18-20-28(30)31)34(11-5)12-6/h13-22,31H,7-12H2,1-6H3. The molecule has 1 heterocycles. The van der Waals surface area contributed by atoms with Gasteiger partial charge in [0.15, 0.2) is 0 Å². The second-order valence-corrected chi connectivity index (χ2v) is 10.2. The van der Waals surface area contributed by atoms with Gasteiger partial charge in [0.25, 0.3) is 0 Å². The van der Waals surface area contributed by atoms with Crippen molar-refractivity contribution in [3.8, 4) is 0 Å². The van der Waals surface area contributed by atoms with E-state index in [1.165, 1.54) is 43.5 Å². The summed E-state index contributed by atoms with van der Waals surface area (Å²) in [7, 11) is 0. The van der Waals surface area contributed by atoms with Crippen LogP contribution in [0.15, 0.2) is 70.5 Å². The Morgan fingerprint density at radius 2 is 0.886 bits per heavy atom. The summed E-state index contributed by atoms with van der Waals surface area (Å²) in [6.45, 7) is 19.6. The van der Waals surface area contributed by atoms with Crippen LogP contribution in [0.1, 0.15) is 64.2 Å². The van der Waals surface area contributed by atoms with Gasteiger partial charge in [-0.2, -0.15) is 0 Å². The molecule has 4 rings (SSSR count). The number of fused-ring (bicyclic) bond motifs is 2. The molecule has 0 N–H and O–H groups in total. The third-order valence-corrected chi connectivity index (χ3v) is 8.60. The fraction of sp³-hybridized carbons (Fsp3) is 0.419. The minimum atomic E-state index is 0.253. The number of hydrogen-bond acceptors (Lipinski definition) is 4. The first-order valence-corrected chi connectivity index (χ1v) is 14.2.